The lowest BCUT2D eigenvalue weighted by atomic mass is 9.68. The van der Waals surface area contributed by atoms with Crippen molar-refractivity contribution < 1.29 is 9.18 Å². The molecule has 1 aliphatic carbocycles. The van der Waals surface area contributed by atoms with Crippen LogP contribution >= 0.6 is 0 Å². The van der Waals surface area contributed by atoms with Crippen LogP contribution in [-0.2, 0) is 4.79 Å². The van der Waals surface area contributed by atoms with Crippen molar-refractivity contribution in [2.24, 2.45) is 5.41 Å². The maximum atomic E-state index is 13.1. The van der Waals surface area contributed by atoms with Crippen LogP contribution in [0.15, 0.2) is 18.2 Å². The van der Waals surface area contributed by atoms with Gasteiger partial charge in [-0.2, -0.15) is 0 Å². The first-order valence-corrected chi connectivity index (χ1v) is 5.55. The zero-order chi connectivity index (χ0) is 11.2. The van der Waals surface area contributed by atoms with Crippen LogP contribution in [0.4, 0.5) is 15.8 Å². The number of benzene rings is 1. The molecular formula is C12H13FN2O. The van der Waals surface area contributed by atoms with E-state index in [4.69, 9.17) is 0 Å². The molecule has 1 aromatic rings. The summed E-state index contributed by atoms with van der Waals surface area (Å²) in [6, 6.07) is 4.43. The van der Waals surface area contributed by atoms with Gasteiger partial charge in [0.1, 0.15) is 5.82 Å². The second-order valence-corrected chi connectivity index (χ2v) is 4.63. The van der Waals surface area contributed by atoms with Crippen LogP contribution in [0.2, 0.25) is 0 Å². The van der Waals surface area contributed by atoms with E-state index < -0.39 is 0 Å². The topological polar surface area (TPSA) is 41.1 Å². The van der Waals surface area contributed by atoms with Gasteiger partial charge >= 0.3 is 0 Å². The lowest BCUT2D eigenvalue weighted by Gasteiger charge is -2.38. The van der Waals surface area contributed by atoms with Crippen LogP contribution in [0.25, 0.3) is 0 Å². The third kappa shape index (κ3) is 1.29. The number of carbonyl (C=O) groups is 1. The van der Waals surface area contributed by atoms with Gasteiger partial charge in [0.2, 0.25) is 5.91 Å². The van der Waals surface area contributed by atoms with Gasteiger partial charge in [0.05, 0.1) is 16.8 Å². The van der Waals surface area contributed by atoms with Crippen molar-refractivity contribution in [1.29, 1.82) is 0 Å². The molecule has 2 aliphatic rings. The molecule has 3 rings (SSSR count). The van der Waals surface area contributed by atoms with Gasteiger partial charge in [-0.15, -0.1) is 0 Å². The van der Waals surface area contributed by atoms with E-state index in [0.29, 0.717) is 12.2 Å². The lowest BCUT2D eigenvalue weighted by molar-refractivity contribution is -0.129. The van der Waals surface area contributed by atoms with E-state index in [1.807, 2.05) is 0 Å². The molecule has 1 aromatic carbocycles. The lowest BCUT2D eigenvalue weighted by Crippen LogP contribution is -2.45. The Hall–Kier alpha value is -1.58. The van der Waals surface area contributed by atoms with Crippen molar-refractivity contribution in [3.63, 3.8) is 0 Å². The Bertz CT molecular complexity index is 454. The molecule has 1 amide bonds. The first-order valence-electron chi connectivity index (χ1n) is 5.55. The van der Waals surface area contributed by atoms with E-state index >= 15 is 0 Å². The van der Waals surface area contributed by atoms with Crippen LogP contribution in [0.3, 0.4) is 0 Å². The van der Waals surface area contributed by atoms with Gasteiger partial charge in [0.15, 0.2) is 0 Å². The fourth-order valence-corrected chi connectivity index (χ4v) is 2.38. The Morgan fingerprint density at radius 3 is 2.75 bits per heavy atom. The minimum Gasteiger partial charge on any atom is -0.382 e. The largest absolute Gasteiger partial charge is 0.382 e. The standard InChI is InChI=1S/C12H13FN2O/c13-8-2-3-9-10(6-8)15-11(16)12(7-14-9)4-1-5-12/h2-3,6,14H,1,4-5,7H2,(H,15,16). The summed E-state index contributed by atoms with van der Waals surface area (Å²) >= 11 is 0. The first-order chi connectivity index (χ1) is 7.70. The first kappa shape index (κ1) is 9.63. The van der Waals surface area contributed by atoms with Crippen LogP contribution in [0.1, 0.15) is 19.3 Å². The normalized spacial score (nSPS) is 21.4. The summed E-state index contributed by atoms with van der Waals surface area (Å²) in [5, 5.41) is 6.04. The summed E-state index contributed by atoms with van der Waals surface area (Å²) in [4.78, 5) is 12.0. The Morgan fingerprint density at radius 2 is 2.06 bits per heavy atom. The highest BCUT2D eigenvalue weighted by atomic mass is 19.1. The summed E-state index contributed by atoms with van der Waals surface area (Å²) in [7, 11) is 0. The highest BCUT2D eigenvalue weighted by Gasteiger charge is 2.45. The van der Waals surface area contributed by atoms with E-state index in [2.05, 4.69) is 10.6 Å². The predicted molar refractivity (Wildman–Crippen MR) is 59.8 cm³/mol. The second-order valence-electron chi connectivity index (χ2n) is 4.63. The number of carbonyl (C=O) groups excluding carboxylic acids is 1. The average Bonchev–Trinajstić information content (AvgIpc) is 2.32. The van der Waals surface area contributed by atoms with Crippen LogP contribution < -0.4 is 10.6 Å². The van der Waals surface area contributed by atoms with Gasteiger partial charge < -0.3 is 10.6 Å². The summed E-state index contributed by atoms with van der Waals surface area (Å²) in [5.74, 6) is -0.305. The van der Waals surface area contributed by atoms with Crippen molar-refractivity contribution in [3.8, 4) is 0 Å². The Balaban J connectivity index is 1.97. The van der Waals surface area contributed by atoms with Gasteiger partial charge in [-0.3, -0.25) is 4.79 Å². The van der Waals surface area contributed by atoms with Crippen molar-refractivity contribution in [1.82, 2.24) is 0 Å². The molecule has 1 aliphatic heterocycles. The number of amides is 1. The molecule has 16 heavy (non-hydrogen) atoms. The van der Waals surface area contributed by atoms with Crippen molar-refractivity contribution >= 4 is 17.3 Å². The average molecular weight is 220 g/mol. The SMILES string of the molecule is O=C1Nc2cc(F)ccc2NCC12CCC2. The van der Waals surface area contributed by atoms with E-state index in [1.54, 1.807) is 6.07 Å². The van der Waals surface area contributed by atoms with Gasteiger partial charge in [0, 0.05) is 6.54 Å². The minimum atomic E-state index is -0.328. The molecule has 0 bridgehead atoms. The Labute approximate surface area is 93.0 Å². The summed E-state index contributed by atoms with van der Waals surface area (Å²) in [6.45, 7) is 0.650. The van der Waals surface area contributed by atoms with E-state index in [-0.39, 0.29) is 17.1 Å². The zero-order valence-electron chi connectivity index (χ0n) is 8.85. The highest BCUT2D eigenvalue weighted by molar-refractivity contribution is 6.00. The van der Waals surface area contributed by atoms with Gasteiger partial charge in [-0.05, 0) is 31.0 Å². The van der Waals surface area contributed by atoms with E-state index in [0.717, 1.165) is 24.9 Å². The molecular weight excluding hydrogens is 207 g/mol. The molecule has 1 saturated carbocycles. The van der Waals surface area contributed by atoms with Crippen molar-refractivity contribution in [2.45, 2.75) is 19.3 Å². The fourth-order valence-electron chi connectivity index (χ4n) is 2.38. The number of halogens is 1. The van der Waals surface area contributed by atoms with Crippen LogP contribution in [-0.4, -0.2) is 12.5 Å². The molecule has 0 saturated heterocycles. The summed E-state index contributed by atoms with van der Waals surface area (Å²) in [6.07, 6.45) is 2.93. The number of anilines is 2. The Kier molecular flexibility index (Phi) is 1.93. The maximum Gasteiger partial charge on any atom is 0.232 e. The number of hydrogen-bond donors (Lipinski definition) is 2. The summed E-state index contributed by atoms with van der Waals surface area (Å²) < 4.78 is 13.1. The molecule has 3 nitrogen and oxygen atoms in total. The molecule has 0 unspecified atom stereocenters. The molecule has 4 heteroatoms. The van der Waals surface area contributed by atoms with Crippen molar-refractivity contribution in [3.05, 3.63) is 24.0 Å². The molecule has 0 radical (unpaired) electrons. The van der Waals surface area contributed by atoms with Gasteiger partial charge in [-0.1, -0.05) is 6.42 Å². The number of rotatable bonds is 0. The molecule has 1 fully saturated rings. The van der Waals surface area contributed by atoms with Crippen LogP contribution in [0, 0.1) is 11.2 Å². The second kappa shape index (κ2) is 3.20. The monoisotopic (exact) mass is 220 g/mol. The maximum absolute atomic E-state index is 13.1. The number of hydrogen-bond acceptors (Lipinski definition) is 2. The van der Waals surface area contributed by atoms with E-state index in [9.17, 15) is 9.18 Å². The summed E-state index contributed by atoms with van der Waals surface area (Å²) in [5.41, 5.74) is 1.09. The quantitative estimate of drug-likeness (QED) is 0.704. The third-order valence-corrected chi connectivity index (χ3v) is 3.64. The Morgan fingerprint density at radius 1 is 1.25 bits per heavy atom. The molecule has 1 spiro atoms. The molecule has 0 aromatic heterocycles. The third-order valence-electron chi connectivity index (χ3n) is 3.64. The molecule has 2 N–H and O–H groups in total. The number of nitrogens with one attached hydrogen (secondary N) is 2. The minimum absolute atomic E-state index is 0.0237. The van der Waals surface area contributed by atoms with Gasteiger partial charge in [-0.25, -0.2) is 4.39 Å². The molecule has 84 valence electrons. The van der Waals surface area contributed by atoms with Gasteiger partial charge in [0.25, 0.3) is 0 Å². The molecule has 0 atom stereocenters. The van der Waals surface area contributed by atoms with E-state index in [1.165, 1.54) is 12.1 Å². The van der Waals surface area contributed by atoms with Crippen LogP contribution in [0.5, 0.6) is 0 Å². The number of fused-ring (bicyclic) bond motifs is 1. The highest BCUT2D eigenvalue weighted by Crippen LogP contribution is 2.44. The fraction of sp³-hybridized carbons (Fsp3) is 0.417. The molecule has 1 heterocycles. The smallest absolute Gasteiger partial charge is 0.232 e. The predicted octanol–water partition coefficient (Wildman–Crippen LogP) is 2.36. The zero-order valence-corrected chi connectivity index (χ0v) is 8.85. The van der Waals surface area contributed by atoms with Crippen molar-refractivity contribution in [2.75, 3.05) is 17.2 Å².